The van der Waals surface area contributed by atoms with Gasteiger partial charge in [0.15, 0.2) is 11.5 Å². The highest BCUT2D eigenvalue weighted by molar-refractivity contribution is 6.08. The molecule has 120 valence electrons. The highest BCUT2D eigenvalue weighted by Gasteiger charge is 2.24. The normalized spacial score (nSPS) is 12.7. The molecule has 0 bridgehead atoms. The third-order valence-electron chi connectivity index (χ3n) is 3.84. The molecule has 3 rings (SSSR count). The second kappa shape index (κ2) is 7.18. The Balaban J connectivity index is 1.95. The van der Waals surface area contributed by atoms with Crippen molar-refractivity contribution in [2.75, 3.05) is 24.7 Å². The highest BCUT2D eigenvalue weighted by Crippen LogP contribution is 2.35. The van der Waals surface area contributed by atoms with Crippen LogP contribution < -0.4 is 14.4 Å². The third kappa shape index (κ3) is 3.31. The molecule has 0 aromatic heterocycles. The molecule has 2 aromatic rings. The lowest BCUT2D eigenvalue weighted by Gasteiger charge is -2.26. The standard InChI is InChI=1S/C19H21NO3/c1-2-3-12-20(15-8-5-4-6-9-15)19(21)16-10-7-11-17-18(16)23-14-13-22-17/h4-11H,2-3,12-14H2,1H3. The Kier molecular flexibility index (Phi) is 4.81. The van der Waals surface area contributed by atoms with Crippen LogP contribution in [0.1, 0.15) is 30.1 Å². The summed E-state index contributed by atoms with van der Waals surface area (Å²) in [4.78, 5) is 14.9. The fraction of sp³-hybridized carbons (Fsp3) is 0.316. The van der Waals surface area contributed by atoms with Crippen LogP contribution >= 0.6 is 0 Å². The summed E-state index contributed by atoms with van der Waals surface area (Å²) in [6, 6.07) is 15.2. The lowest BCUT2D eigenvalue weighted by atomic mass is 10.1. The van der Waals surface area contributed by atoms with Crippen LogP contribution in [0, 0.1) is 0 Å². The van der Waals surface area contributed by atoms with Crippen LogP contribution in [0.2, 0.25) is 0 Å². The quantitative estimate of drug-likeness (QED) is 0.840. The van der Waals surface area contributed by atoms with E-state index in [0.29, 0.717) is 36.8 Å². The zero-order valence-electron chi connectivity index (χ0n) is 13.3. The van der Waals surface area contributed by atoms with E-state index in [1.807, 2.05) is 47.4 Å². The monoisotopic (exact) mass is 311 g/mol. The summed E-state index contributed by atoms with van der Waals surface area (Å²) >= 11 is 0. The Morgan fingerprint density at radius 1 is 1.04 bits per heavy atom. The average Bonchev–Trinajstić information content (AvgIpc) is 2.62. The molecule has 0 spiro atoms. The molecule has 0 aliphatic carbocycles. The van der Waals surface area contributed by atoms with E-state index >= 15 is 0 Å². The van der Waals surface area contributed by atoms with Gasteiger partial charge in [-0.25, -0.2) is 0 Å². The smallest absolute Gasteiger partial charge is 0.262 e. The van der Waals surface area contributed by atoms with Crippen LogP contribution in [0.15, 0.2) is 48.5 Å². The average molecular weight is 311 g/mol. The summed E-state index contributed by atoms with van der Waals surface area (Å²) in [6.45, 7) is 3.79. The van der Waals surface area contributed by atoms with Crippen molar-refractivity contribution in [2.45, 2.75) is 19.8 Å². The van der Waals surface area contributed by atoms with Crippen LogP contribution in [0.4, 0.5) is 5.69 Å². The first-order valence-corrected chi connectivity index (χ1v) is 8.06. The number of fused-ring (bicyclic) bond motifs is 1. The molecular formula is C19H21NO3. The van der Waals surface area contributed by atoms with Crippen LogP contribution in [0.3, 0.4) is 0 Å². The van der Waals surface area contributed by atoms with Gasteiger partial charge in [0, 0.05) is 12.2 Å². The predicted octanol–water partition coefficient (Wildman–Crippen LogP) is 3.90. The van der Waals surface area contributed by atoms with Gasteiger partial charge in [0.25, 0.3) is 5.91 Å². The Bertz CT molecular complexity index is 670. The summed E-state index contributed by atoms with van der Waals surface area (Å²) in [5.41, 5.74) is 1.46. The number of rotatable bonds is 5. The van der Waals surface area contributed by atoms with Crippen molar-refractivity contribution in [1.82, 2.24) is 0 Å². The van der Waals surface area contributed by atoms with Gasteiger partial charge >= 0.3 is 0 Å². The van der Waals surface area contributed by atoms with E-state index in [9.17, 15) is 4.79 Å². The van der Waals surface area contributed by atoms with Crippen molar-refractivity contribution in [3.63, 3.8) is 0 Å². The molecule has 23 heavy (non-hydrogen) atoms. The molecule has 1 heterocycles. The van der Waals surface area contributed by atoms with E-state index in [4.69, 9.17) is 9.47 Å². The lowest BCUT2D eigenvalue weighted by molar-refractivity contribution is 0.0975. The zero-order chi connectivity index (χ0) is 16.1. The minimum atomic E-state index is -0.0491. The Hall–Kier alpha value is -2.49. The number of para-hydroxylation sites is 2. The van der Waals surface area contributed by atoms with Gasteiger partial charge in [0.2, 0.25) is 0 Å². The summed E-state index contributed by atoms with van der Waals surface area (Å²) < 4.78 is 11.3. The number of benzene rings is 2. The number of amides is 1. The molecule has 0 saturated carbocycles. The van der Waals surface area contributed by atoms with Gasteiger partial charge in [-0.3, -0.25) is 4.79 Å². The summed E-state index contributed by atoms with van der Waals surface area (Å²) in [5, 5.41) is 0. The molecule has 0 saturated heterocycles. The topological polar surface area (TPSA) is 38.8 Å². The van der Waals surface area contributed by atoms with E-state index < -0.39 is 0 Å². The second-order valence-electron chi connectivity index (χ2n) is 5.48. The number of anilines is 1. The molecular weight excluding hydrogens is 290 g/mol. The molecule has 0 atom stereocenters. The second-order valence-corrected chi connectivity index (χ2v) is 5.48. The van der Waals surface area contributed by atoms with Gasteiger partial charge in [0.05, 0.1) is 5.56 Å². The van der Waals surface area contributed by atoms with Crippen LogP contribution in [-0.2, 0) is 0 Å². The number of carbonyl (C=O) groups excluding carboxylic acids is 1. The molecule has 1 aliphatic heterocycles. The molecule has 0 N–H and O–H groups in total. The molecule has 1 aliphatic rings. The maximum absolute atomic E-state index is 13.1. The lowest BCUT2D eigenvalue weighted by Crippen LogP contribution is -2.32. The molecule has 1 amide bonds. The molecule has 2 aromatic carbocycles. The molecule has 0 unspecified atom stereocenters. The highest BCUT2D eigenvalue weighted by atomic mass is 16.6. The summed E-state index contributed by atoms with van der Waals surface area (Å²) in [5.74, 6) is 1.15. The summed E-state index contributed by atoms with van der Waals surface area (Å²) in [6.07, 6.45) is 1.98. The van der Waals surface area contributed by atoms with E-state index in [1.54, 1.807) is 6.07 Å². The largest absolute Gasteiger partial charge is 0.486 e. The fourth-order valence-corrected chi connectivity index (χ4v) is 2.66. The number of nitrogens with zero attached hydrogens (tertiary/aromatic N) is 1. The van der Waals surface area contributed by atoms with Gasteiger partial charge in [-0.1, -0.05) is 37.6 Å². The van der Waals surface area contributed by atoms with Crippen molar-refractivity contribution >= 4 is 11.6 Å². The number of hydrogen-bond donors (Lipinski definition) is 0. The van der Waals surface area contributed by atoms with Crippen molar-refractivity contribution in [2.24, 2.45) is 0 Å². The molecule has 0 fully saturated rings. The predicted molar refractivity (Wildman–Crippen MR) is 90.5 cm³/mol. The van der Waals surface area contributed by atoms with Crippen LogP contribution in [0.5, 0.6) is 11.5 Å². The Morgan fingerprint density at radius 3 is 2.61 bits per heavy atom. The van der Waals surface area contributed by atoms with Crippen molar-refractivity contribution in [1.29, 1.82) is 0 Å². The van der Waals surface area contributed by atoms with Gasteiger partial charge in [-0.15, -0.1) is 0 Å². The fourth-order valence-electron chi connectivity index (χ4n) is 2.66. The number of hydrogen-bond acceptors (Lipinski definition) is 3. The number of ether oxygens (including phenoxy) is 2. The van der Waals surface area contributed by atoms with Crippen LogP contribution in [-0.4, -0.2) is 25.7 Å². The first-order chi connectivity index (χ1) is 11.3. The maximum Gasteiger partial charge on any atom is 0.262 e. The van der Waals surface area contributed by atoms with Crippen molar-refractivity contribution in [3.8, 4) is 11.5 Å². The van der Waals surface area contributed by atoms with Gasteiger partial charge in [-0.05, 0) is 30.7 Å². The number of unbranched alkanes of at least 4 members (excludes halogenated alkanes) is 1. The van der Waals surface area contributed by atoms with E-state index in [-0.39, 0.29) is 5.91 Å². The SMILES string of the molecule is CCCCN(C(=O)c1cccc2c1OCCO2)c1ccccc1. The van der Waals surface area contributed by atoms with E-state index in [2.05, 4.69) is 6.92 Å². The van der Waals surface area contributed by atoms with Gasteiger partial charge in [0.1, 0.15) is 13.2 Å². The van der Waals surface area contributed by atoms with E-state index in [1.165, 1.54) is 0 Å². The van der Waals surface area contributed by atoms with Gasteiger partial charge in [-0.2, -0.15) is 0 Å². The van der Waals surface area contributed by atoms with Crippen molar-refractivity contribution < 1.29 is 14.3 Å². The third-order valence-corrected chi connectivity index (χ3v) is 3.84. The number of carbonyl (C=O) groups is 1. The maximum atomic E-state index is 13.1. The Labute approximate surface area is 136 Å². The zero-order valence-corrected chi connectivity index (χ0v) is 13.3. The molecule has 4 nitrogen and oxygen atoms in total. The van der Waals surface area contributed by atoms with Gasteiger partial charge < -0.3 is 14.4 Å². The first-order valence-electron chi connectivity index (χ1n) is 8.06. The Morgan fingerprint density at radius 2 is 1.83 bits per heavy atom. The van der Waals surface area contributed by atoms with E-state index in [0.717, 1.165) is 18.5 Å². The first kappa shape index (κ1) is 15.4. The minimum absolute atomic E-state index is 0.0491. The summed E-state index contributed by atoms with van der Waals surface area (Å²) in [7, 11) is 0. The molecule has 4 heteroatoms. The van der Waals surface area contributed by atoms with Crippen molar-refractivity contribution in [3.05, 3.63) is 54.1 Å². The van der Waals surface area contributed by atoms with Crippen LogP contribution in [0.25, 0.3) is 0 Å². The molecule has 0 radical (unpaired) electrons. The minimum Gasteiger partial charge on any atom is -0.486 e.